The van der Waals surface area contributed by atoms with Crippen molar-refractivity contribution in [3.05, 3.63) is 35.4 Å². The van der Waals surface area contributed by atoms with Gasteiger partial charge in [0.15, 0.2) is 0 Å². The van der Waals surface area contributed by atoms with Gasteiger partial charge >= 0.3 is 5.97 Å². The van der Waals surface area contributed by atoms with E-state index < -0.39 is 24.2 Å². The number of hydrogen-bond acceptors (Lipinski definition) is 7. The summed E-state index contributed by atoms with van der Waals surface area (Å²) >= 11 is 0. The lowest BCUT2D eigenvalue weighted by Gasteiger charge is -2.14. The zero-order valence-corrected chi connectivity index (χ0v) is 17.5. The van der Waals surface area contributed by atoms with Crippen molar-refractivity contribution in [3.8, 4) is 0 Å². The minimum Gasteiger partial charge on any atom is -0.462 e. The maximum absolute atomic E-state index is 11.0. The quantitative estimate of drug-likeness (QED) is 0.410. The summed E-state index contributed by atoms with van der Waals surface area (Å²) < 4.78 is 4.83. The first-order valence-corrected chi connectivity index (χ1v) is 8.95. The van der Waals surface area contributed by atoms with Gasteiger partial charge in [0.25, 0.3) is 0 Å². The topological polar surface area (TPSA) is 108 Å². The summed E-state index contributed by atoms with van der Waals surface area (Å²) in [4.78, 5) is 20.9. The van der Waals surface area contributed by atoms with E-state index in [9.17, 15) is 9.59 Å². The number of aliphatic hydroxyl groups excluding tert-OH is 2. The van der Waals surface area contributed by atoms with Gasteiger partial charge in [-0.2, -0.15) is 0 Å². The smallest absolute Gasteiger partial charge is 0.325 e. The zero-order valence-electron chi connectivity index (χ0n) is 17.5. The van der Waals surface area contributed by atoms with Gasteiger partial charge < -0.3 is 30.4 Å². The van der Waals surface area contributed by atoms with E-state index in [-0.39, 0.29) is 12.7 Å². The van der Waals surface area contributed by atoms with Crippen LogP contribution >= 0.6 is 0 Å². The molecule has 0 saturated carbocycles. The van der Waals surface area contributed by atoms with Crippen molar-refractivity contribution in [3.63, 3.8) is 0 Å². The lowest BCUT2D eigenvalue weighted by molar-refractivity contribution is -0.150. The molecule has 0 aliphatic rings. The van der Waals surface area contributed by atoms with Crippen LogP contribution < -0.4 is 10.6 Å². The number of carbonyl (C=O) groups is 2. The van der Waals surface area contributed by atoms with Crippen LogP contribution in [0.1, 0.15) is 31.9 Å². The highest BCUT2D eigenvalue weighted by Crippen LogP contribution is 2.00. The molecular weight excluding hydrogens is 348 g/mol. The van der Waals surface area contributed by atoms with Gasteiger partial charge in [0, 0.05) is 0 Å². The van der Waals surface area contributed by atoms with Gasteiger partial charge in [-0.1, -0.05) is 35.4 Å². The Kier molecular flexibility index (Phi) is 16.6. The normalized spacial score (nSPS) is 13.3. The Balaban J connectivity index is 0. The number of benzene rings is 1. The van der Waals surface area contributed by atoms with E-state index in [1.165, 1.54) is 11.1 Å². The number of rotatable bonds is 7. The number of esters is 1. The van der Waals surface area contributed by atoms with Gasteiger partial charge in [-0.3, -0.25) is 4.79 Å². The second kappa shape index (κ2) is 16.4. The summed E-state index contributed by atoms with van der Waals surface area (Å²) in [5.41, 5.74) is 2.68. The van der Waals surface area contributed by atoms with Crippen LogP contribution in [0.15, 0.2) is 24.3 Å². The van der Waals surface area contributed by atoms with Crippen molar-refractivity contribution in [2.75, 3.05) is 20.7 Å². The van der Waals surface area contributed by atoms with Crippen LogP contribution in [0.2, 0.25) is 0 Å². The first-order valence-electron chi connectivity index (χ1n) is 8.95. The van der Waals surface area contributed by atoms with Gasteiger partial charge in [0.05, 0.1) is 24.9 Å². The number of hydrogen-bond donors (Lipinski definition) is 4. The summed E-state index contributed by atoms with van der Waals surface area (Å²) in [7, 11) is 3.23. The van der Waals surface area contributed by atoms with Crippen molar-refractivity contribution < 1.29 is 24.5 Å². The minimum atomic E-state index is -0.600. The molecule has 0 aliphatic carbocycles. The van der Waals surface area contributed by atoms with E-state index in [0.29, 0.717) is 6.29 Å². The summed E-state index contributed by atoms with van der Waals surface area (Å²) in [6, 6.07) is 7.43. The molecule has 0 amide bonds. The van der Waals surface area contributed by atoms with Crippen LogP contribution in [-0.2, 0) is 14.3 Å². The van der Waals surface area contributed by atoms with E-state index in [0.717, 1.165) is 0 Å². The Hall–Kier alpha value is -1.80. The number of nitrogens with one attached hydrogen (secondary N) is 2. The second-order valence-corrected chi connectivity index (χ2v) is 6.36. The monoisotopic (exact) mass is 384 g/mol. The predicted octanol–water partition coefficient (Wildman–Crippen LogP) is 0.976. The van der Waals surface area contributed by atoms with Gasteiger partial charge in [0.1, 0.15) is 12.3 Å². The van der Waals surface area contributed by atoms with Crippen LogP contribution in [0.25, 0.3) is 0 Å². The van der Waals surface area contributed by atoms with Crippen molar-refractivity contribution in [1.82, 2.24) is 10.6 Å². The predicted molar refractivity (Wildman–Crippen MR) is 108 cm³/mol. The molecule has 3 atom stereocenters. The fraction of sp³-hybridized carbons (Fsp3) is 0.600. The third-order valence-electron chi connectivity index (χ3n) is 3.34. The molecule has 156 valence electrons. The number of likely N-dealkylation sites (N-methyl/N-ethyl adjacent to an activating group) is 2. The van der Waals surface area contributed by atoms with E-state index in [1.807, 2.05) is 0 Å². The number of carbonyl (C=O) groups excluding carboxylic acids is 2. The lowest BCUT2D eigenvalue weighted by Crippen LogP contribution is -2.39. The summed E-state index contributed by atoms with van der Waals surface area (Å²) in [6.07, 6.45) is -0.0487. The standard InChI is InChI=1S/C8H10.C7H15NO3.C5H11NO2/c1-7-4-3-5-8(2)6-7;1-5(2)11-7(10)6(4-9)8-3;1-4(8)5(3-7)6-2/h3-6H,1-2H3;5-6,8-9H,4H2,1-3H3;3-6,8H,1-2H3/t;6-;4-,5-/m.00/s1. The van der Waals surface area contributed by atoms with E-state index in [1.54, 1.807) is 34.9 Å². The van der Waals surface area contributed by atoms with Crippen LogP contribution in [0.3, 0.4) is 0 Å². The maximum atomic E-state index is 11.0. The Bertz CT molecular complexity index is 500. The van der Waals surface area contributed by atoms with E-state index in [4.69, 9.17) is 14.9 Å². The molecular formula is C20H36N2O5. The largest absolute Gasteiger partial charge is 0.462 e. The van der Waals surface area contributed by atoms with Crippen molar-refractivity contribution >= 4 is 12.3 Å². The van der Waals surface area contributed by atoms with Gasteiger partial charge in [0.2, 0.25) is 0 Å². The molecule has 0 spiro atoms. The molecule has 0 bridgehead atoms. The molecule has 0 aliphatic heterocycles. The van der Waals surface area contributed by atoms with Crippen LogP contribution in [0.4, 0.5) is 0 Å². The number of ether oxygens (including phenoxy) is 1. The number of aliphatic hydroxyl groups is 2. The van der Waals surface area contributed by atoms with Gasteiger partial charge in [-0.15, -0.1) is 0 Å². The molecule has 0 unspecified atom stereocenters. The van der Waals surface area contributed by atoms with E-state index >= 15 is 0 Å². The van der Waals surface area contributed by atoms with Crippen LogP contribution in [0, 0.1) is 13.8 Å². The molecule has 0 fully saturated rings. The average molecular weight is 385 g/mol. The summed E-state index contributed by atoms with van der Waals surface area (Å²) in [5.74, 6) is -0.412. The highest BCUT2D eigenvalue weighted by Gasteiger charge is 2.17. The average Bonchev–Trinajstić information content (AvgIpc) is 2.57. The molecule has 0 heterocycles. The number of aldehydes is 1. The molecule has 0 saturated heterocycles. The fourth-order valence-electron chi connectivity index (χ4n) is 1.83. The van der Waals surface area contributed by atoms with Crippen molar-refractivity contribution in [2.24, 2.45) is 0 Å². The third kappa shape index (κ3) is 15.0. The third-order valence-corrected chi connectivity index (χ3v) is 3.34. The lowest BCUT2D eigenvalue weighted by atomic mass is 10.2. The highest BCUT2D eigenvalue weighted by atomic mass is 16.5. The van der Waals surface area contributed by atoms with Crippen molar-refractivity contribution in [1.29, 1.82) is 0 Å². The summed E-state index contributed by atoms with van der Waals surface area (Å²) in [5, 5.41) is 22.6. The van der Waals surface area contributed by atoms with Crippen LogP contribution in [0.5, 0.6) is 0 Å². The second-order valence-electron chi connectivity index (χ2n) is 6.36. The van der Waals surface area contributed by atoms with E-state index in [2.05, 4.69) is 48.7 Å². The first-order chi connectivity index (χ1) is 12.6. The first kappa shape index (κ1) is 27.4. The molecule has 0 radical (unpaired) electrons. The van der Waals surface area contributed by atoms with Crippen LogP contribution in [-0.4, -0.2) is 67.5 Å². The Morgan fingerprint density at radius 2 is 1.67 bits per heavy atom. The Morgan fingerprint density at radius 3 is 1.85 bits per heavy atom. The summed E-state index contributed by atoms with van der Waals surface area (Å²) in [6.45, 7) is 9.07. The molecule has 7 nitrogen and oxygen atoms in total. The SMILES string of the molecule is CN[C@@H](C=O)[C@H](C)O.CN[C@@H](CO)C(=O)OC(C)C.Cc1cccc(C)c1. The van der Waals surface area contributed by atoms with Gasteiger partial charge in [-0.05, 0) is 48.7 Å². The highest BCUT2D eigenvalue weighted by molar-refractivity contribution is 5.76. The minimum absolute atomic E-state index is 0.134. The molecule has 27 heavy (non-hydrogen) atoms. The molecule has 7 heteroatoms. The molecule has 1 aromatic rings. The number of aryl methyl sites for hydroxylation is 2. The maximum Gasteiger partial charge on any atom is 0.325 e. The molecule has 1 aromatic carbocycles. The molecule has 0 aromatic heterocycles. The van der Waals surface area contributed by atoms with Gasteiger partial charge in [-0.25, -0.2) is 0 Å². The molecule has 1 rings (SSSR count). The fourth-order valence-corrected chi connectivity index (χ4v) is 1.83. The van der Waals surface area contributed by atoms with Crippen molar-refractivity contribution in [2.45, 2.75) is 58.9 Å². The zero-order chi connectivity index (χ0) is 21.4. The molecule has 4 N–H and O–H groups in total. The Morgan fingerprint density at radius 1 is 1.15 bits per heavy atom. The Labute approximate surface area is 163 Å².